The average Bonchev–Trinajstić information content (AvgIpc) is 2.20. The minimum atomic E-state index is -0.535. The van der Waals surface area contributed by atoms with E-state index in [4.69, 9.17) is 22.0 Å². The van der Waals surface area contributed by atoms with E-state index < -0.39 is 12.0 Å². The first-order chi connectivity index (χ1) is 7.11. The quantitative estimate of drug-likeness (QED) is 0.334. The van der Waals surface area contributed by atoms with E-state index in [1.54, 1.807) is 13.0 Å². The fourth-order valence-corrected chi connectivity index (χ4v) is 0.831. The van der Waals surface area contributed by atoms with Gasteiger partial charge in [-0.05, 0) is 6.92 Å². The predicted octanol–water partition coefficient (Wildman–Crippen LogP) is -0.281. The molecule has 0 spiro atoms. The first-order valence-electron chi connectivity index (χ1n) is 4.47. The Kier molecular flexibility index (Phi) is 7.42. The highest BCUT2D eigenvalue weighted by Crippen LogP contribution is 1.90. The number of amides is 1. The lowest BCUT2D eigenvalue weighted by Gasteiger charge is -2.04. The number of carbonyl (C=O) groups excluding carboxylic acids is 1. The van der Waals surface area contributed by atoms with E-state index in [0.29, 0.717) is 12.4 Å². The van der Waals surface area contributed by atoms with Gasteiger partial charge in [-0.1, -0.05) is 0 Å². The lowest BCUT2D eigenvalue weighted by molar-refractivity contribution is -0.117. The van der Waals surface area contributed by atoms with Crippen LogP contribution in [0.5, 0.6) is 0 Å². The molecule has 1 atom stereocenters. The number of halogens is 1. The number of hydrogen-bond acceptors (Lipinski definition) is 4. The van der Waals surface area contributed by atoms with Gasteiger partial charge < -0.3 is 15.7 Å². The summed E-state index contributed by atoms with van der Waals surface area (Å²) in [5, 5.41) is 22.7. The minimum Gasteiger partial charge on any atom is -0.392 e. The third-order valence-electron chi connectivity index (χ3n) is 1.40. The standard InChI is InChI=1S/C9H14ClN3O2/c1-7(14)5-12-6-8(4-11)9(15)13-3-2-10/h6-7,12,14H,2-3,5H2,1H3,(H,13,15)/b8-6-. The van der Waals surface area contributed by atoms with Crippen molar-refractivity contribution in [1.82, 2.24) is 10.6 Å². The minimum absolute atomic E-state index is 0.0410. The summed E-state index contributed by atoms with van der Waals surface area (Å²) in [7, 11) is 0. The van der Waals surface area contributed by atoms with Gasteiger partial charge in [0.2, 0.25) is 0 Å². The lowest BCUT2D eigenvalue weighted by atomic mass is 10.3. The van der Waals surface area contributed by atoms with Crippen molar-refractivity contribution in [1.29, 1.82) is 5.26 Å². The van der Waals surface area contributed by atoms with E-state index in [0.717, 1.165) is 0 Å². The molecule has 6 heteroatoms. The topological polar surface area (TPSA) is 85.2 Å². The number of aliphatic hydroxyl groups is 1. The van der Waals surface area contributed by atoms with Crippen molar-refractivity contribution in [2.45, 2.75) is 13.0 Å². The van der Waals surface area contributed by atoms with E-state index in [1.807, 2.05) is 0 Å². The molecule has 0 fully saturated rings. The van der Waals surface area contributed by atoms with E-state index in [9.17, 15) is 4.79 Å². The van der Waals surface area contributed by atoms with Crippen molar-refractivity contribution < 1.29 is 9.90 Å². The van der Waals surface area contributed by atoms with Gasteiger partial charge in [-0.3, -0.25) is 4.79 Å². The first kappa shape index (κ1) is 13.8. The molecule has 0 aliphatic rings. The van der Waals surface area contributed by atoms with Crippen LogP contribution in [-0.4, -0.2) is 36.1 Å². The molecule has 0 saturated heterocycles. The Labute approximate surface area is 93.7 Å². The lowest BCUT2D eigenvalue weighted by Crippen LogP contribution is -2.28. The van der Waals surface area contributed by atoms with Gasteiger partial charge in [-0.2, -0.15) is 5.26 Å². The zero-order valence-corrected chi connectivity index (χ0v) is 9.21. The van der Waals surface area contributed by atoms with Crippen molar-refractivity contribution in [3.63, 3.8) is 0 Å². The van der Waals surface area contributed by atoms with Crippen molar-refractivity contribution in [3.05, 3.63) is 11.8 Å². The van der Waals surface area contributed by atoms with Crippen LogP contribution in [-0.2, 0) is 4.79 Å². The molecule has 1 amide bonds. The molecule has 0 radical (unpaired) electrons. The van der Waals surface area contributed by atoms with E-state index in [-0.39, 0.29) is 12.1 Å². The molecule has 3 N–H and O–H groups in total. The maximum atomic E-state index is 11.2. The number of nitrogens with one attached hydrogen (secondary N) is 2. The zero-order valence-electron chi connectivity index (χ0n) is 8.46. The fraction of sp³-hybridized carbons (Fsp3) is 0.556. The molecule has 0 aromatic heterocycles. The molecular weight excluding hydrogens is 218 g/mol. The highest BCUT2D eigenvalue weighted by atomic mass is 35.5. The molecule has 84 valence electrons. The highest BCUT2D eigenvalue weighted by Gasteiger charge is 2.07. The molecule has 0 aliphatic heterocycles. The summed E-state index contributed by atoms with van der Waals surface area (Å²) in [5.41, 5.74) is -0.0410. The molecule has 5 nitrogen and oxygen atoms in total. The highest BCUT2D eigenvalue weighted by molar-refractivity contribution is 6.18. The summed E-state index contributed by atoms with van der Waals surface area (Å²) in [6, 6.07) is 1.75. The number of carbonyl (C=O) groups is 1. The third-order valence-corrected chi connectivity index (χ3v) is 1.59. The Bertz CT molecular complexity index is 271. The van der Waals surface area contributed by atoms with Crippen molar-refractivity contribution in [3.8, 4) is 6.07 Å². The van der Waals surface area contributed by atoms with Crippen LogP contribution in [0.1, 0.15) is 6.92 Å². The van der Waals surface area contributed by atoms with Crippen LogP contribution in [0.2, 0.25) is 0 Å². The molecule has 0 aliphatic carbocycles. The van der Waals surface area contributed by atoms with Crippen LogP contribution in [0.4, 0.5) is 0 Å². The second kappa shape index (κ2) is 8.09. The molecule has 15 heavy (non-hydrogen) atoms. The molecule has 0 bridgehead atoms. The van der Waals surface area contributed by atoms with Gasteiger partial charge in [0.25, 0.3) is 5.91 Å². The monoisotopic (exact) mass is 231 g/mol. The number of aliphatic hydroxyl groups excluding tert-OH is 1. The first-order valence-corrected chi connectivity index (χ1v) is 5.01. The molecule has 0 aromatic rings. The largest absolute Gasteiger partial charge is 0.392 e. The second-order valence-electron chi connectivity index (χ2n) is 2.87. The molecule has 0 rings (SSSR count). The zero-order chi connectivity index (χ0) is 11.7. The van der Waals surface area contributed by atoms with Crippen LogP contribution in [0.3, 0.4) is 0 Å². The molecule has 1 unspecified atom stereocenters. The van der Waals surface area contributed by atoms with Crippen LogP contribution in [0, 0.1) is 11.3 Å². The number of alkyl halides is 1. The van der Waals surface area contributed by atoms with Crippen LogP contribution >= 0.6 is 11.6 Å². The molecule has 0 aromatic carbocycles. The Morgan fingerprint density at radius 3 is 2.87 bits per heavy atom. The fourth-order valence-electron chi connectivity index (χ4n) is 0.736. The summed E-state index contributed by atoms with van der Waals surface area (Å²) in [6.45, 7) is 2.20. The third kappa shape index (κ3) is 6.77. The predicted molar refractivity (Wildman–Crippen MR) is 57.1 cm³/mol. The normalized spacial score (nSPS) is 12.8. The van der Waals surface area contributed by atoms with Gasteiger partial charge in [-0.15, -0.1) is 11.6 Å². The number of rotatable bonds is 6. The van der Waals surface area contributed by atoms with E-state index >= 15 is 0 Å². The van der Waals surface area contributed by atoms with Crippen LogP contribution in [0.25, 0.3) is 0 Å². The summed E-state index contributed by atoms with van der Waals surface area (Å²) in [4.78, 5) is 11.2. The Morgan fingerprint density at radius 1 is 1.73 bits per heavy atom. The SMILES string of the molecule is CC(O)CN/C=C(/C#N)C(=O)NCCCl. The summed E-state index contributed by atoms with van der Waals surface area (Å²) in [5.74, 6) is -0.179. The Hall–Kier alpha value is -1.25. The van der Waals surface area contributed by atoms with Gasteiger partial charge in [0.15, 0.2) is 0 Å². The summed E-state index contributed by atoms with van der Waals surface area (Å²) >= 11 is 5.37. The summed E-state index contributed by atoms with van der Waals surface area (Å²) < 4.78 is 0. The summed E-state index contributed by atoms with van der Waals surface area (Å²) in [6.07, 6.45) is 0.739. The van der Waals surface area contributed by atoms with Crippen molar-refractivity contribution in [2.75, 3.05) is 19.0 Å². The molecule has 0 saturated carbocycles. The molecule has 0 heterocycles. The van der Waals surface area contributed by atoms with Crippen LogP contribution in [0.15, 0.2) is 11.8 Å². The van der Waals surface area contributed by atoms with Gasteiger partial charge in [-0.25, -0.2) is 0 Å². The Balaban J connectivity index is 4.11. The van der Waals surface area contributed by atoms with Gasteiger partial charge in [0, 0.05) is 25.2 Å². The van der Waals surface area contributed by atoms with Crippen LogP contribution < -0.4 is 10.6 Å². The van der Waals surface area contributed by atoms with Crippen molar-refractivity contribution in [2.24, 2.45) is 0 Å². The van der Waals surface area contributed by atoms with E-state index in [2.05, 4.69) is 10.6 Å². The maximum absolute atomic E-state index is 11.2. The maximum Gasteiger partial charge on any atom is 0.263 e. The number of nitriles is 1. The average molecular weight is 232 g/mol. The van der Waals surface area contributed by atoms with Gasteiger partial charge >= 0.3 is 0 Å². The molecular formula is C9H14ClN3O2. The second-order valence-corrected chi connectivity index (χ2v) is 3.25. The van der Waals surface area contributed by atoms with Gasteiger partial charge in [0.05, 0.1) is 6.10 Å². The van der Waals surface area contributed by atoms with Crippen molar-refractivity contribution >= 4 is 17.5 Å². The van der Waals surface area contributed by atoms with Gasteiger partial charge in [0.1, 0.15) is 11.6 Å². The Morgan fingerprint density at radius 2 is 2.40 bits per heavy atom. The van der Waals surface area contributed by atoms with E-state index in [1.165, 1.54) is 6.20 Å². The smallest absolute Gasteiger partial charge is 0.263 e. The number of hydrogen-bond donors (Lipinski definition) is 3. The number of nitrogens with zero attached hydrogens (tertiary/aromatic N) is 1.